The van der Waals surface area contributed by atoms with Crippen molar-refractivity contribution in [2.24, 2.45) is 5.41 Å². The second-order valence-corrected chi connectivity index (χ2v) is 4.30. The van der Waals surface area contributed by atoms with Gasteiger partial charge >= 0.3 is 0 Å². The number of hydrogen-bond acceptors (Lipinski definition) is 2. The predicted molar refractivity (Wildman–Crippen MR) is 48.7 cm³/mol. The van der Waals surface area contributed by atoms with Gasteiger partial charge in [-0.05, 0) is 19.0 Å². The standard InChI is InChI=1S/C9H20N2/c1-5-10-8-6-11(4)7-9(8,2)3/h8,10H,5-7H2,1-4H3/t8-/m1/s1. The van der Waals surface area contributed by atoms with Gasteiger partial charge in [-0.15, -0.1) is 0 Å². The van der Waals surface area contributed by atoms with Gasteiger partial charge in [0.1, 0.15) is 0 Å². The Morgan fingerprint density at radius 3 is 2.55 bits per heavy atom. The summed E-state index contributed by atoms with van der Waals surface area (Å²) in [7, 11) is 2.19. The summed E-state index contributed by atoms with van der Waals surface area (Å²) < 4.78 is 0. The van der Waals surface area contributed by atoms with E-state index < -0.39 is 0 Å². The molecule has 1 aliphatic heterocycles. The van der Waals surface area contributed by atoms with Crippen LogP contribution in [0.15, 0.2) is 0 Å². The molecule has 0 aromatic rings. The molecular weight excluding hydrogens is 136 g/mol. The third kappa shape index (κ3) is 1.94. The van der Waals surface area contributed by atoms with E-state index >= 15 is 0 Å². The van der Waals surface area contributed by atoms with Crippen molar-refractivity contribution in [2.45, 2.75) is 26.8 Å². The quantitative estimate of drug-likeness (QED) is 0.640. The van der Waals surface area contributed by atoms with Gasteiger partial charge in [0.05, 0.1) is 0 Å². The first kappa shape index (κ1) is 9.01. The summed E-state index contributed by atoms with van der Waals surface area (Å²) in [6, 6.07) is 0.678. The Bertz CT molecular complexity index is 132. The van der Waals surface area contributed by atoms with Crippen LogP contribution < -0.4 is 5.32 Å². The smallest absolute Gasteiger partial charge is 0.0258 e. The topological polar surface area (TPSA) is 15.3 Å². The minimum absolute atomic E-state index is 0.449. The lowest BCUT2D eigenvalue weighted by atomic mass is 9.88. The van der Waals surface area contributed by atoms with Gasteiger partial charge in [-0.25, -0.2) is 0 Å². The van der Waals surface area contributed by atoms with Crippen molar-refractivity contribution in [3.63, 3.8) is 0 Å². The van der Waals surface area contributed by atoms with Crippen LogP contribution in [0.4, 0.5) is 0 Å². The van der Waals surface area contributed by atoms with Crippen LogP contribution in [0.1, 0.15) is 20.8 Å². The highest BCUT2D eigenvalue weighted by Crippen LogP contribution is 2.28. The minimum Gasteiger partial charge on any atom is -0.312 e. The Morgan fingerprint density at radius 1 is 1.55 bits per heavy atom. The van der Waals surface area contributed by atoms with E-state index in [1.54, 1.807) is 0 Å². The first-order chi connectivity index (χ1) is 5.06. The predicted octanol–water partition coefficient (Wildman–Crippen LogP) is 0.936. The monoisotopic (exact) mass is 156 g/mol. The first-order valence-electron chi connectivity index (χ1n) is 4.48. The van der Waals surface area contributed by atoms with E-state index in [4.69, 9.17) is 0 Å². The second kappa shape index (κ2) is 3.11. The molecule has 0 amide bonds. The van der Waals surface area contributed by atoms with Crippen LogP contribution >= 0.6 is 0 Å². The van der Waals surface area contributed by atoms with Crippen LogP contribution in [0.5, 0.6) is 0 Å². The van der Waals surface area contributed by atoms with Gasteiger partial charge in [0.25, 0.3) is 0 Å². The zero-order valence-electron chi connectivity index (χ0n) is 8.15. The van der Waals surface area contributed by atoms with Gasteiger partial charge in [0.2, 0.25) is 0 Å². The third-order valence-corrected chi connectivity index (χ3v) is 2.57. The van der Waals surface area contributed by atoms with Crippen molar-refractivity contribution < 1.29 is 0 Å². The Kier molecular flexibility index (Phi) is 2.55. The van der Waals surface area contributed by atoms with Crippen LogP contribution in [-0.2, 0) is 0 Å². The summed E-state index contributed by atoms with van der Waals surface area (Å²) >= 11 is 0. The van der Waals surface area contributed by atoms with Crippen LogP contribution in [0.2, 0.25) is 0 Å². The molecule has 2 heteroatoms. The van der Waals surface area contributed by atoms with Gasteiger partial charge in [0, 0.05) is 19.1 Å². The maximum absolute atomic E-state index is 3.52. The molecule has 66 valence electrons. The van der Waals surface area contributed by atoms with Crippen molar-refractivity contribution in [2.75, 3.05) is 26.7 Å². The lowest BCUT2D eigenvalue weighted by Gasteiger charge is -2.25. The zero-order valence-corrected chi connectivity index (χ0v) is 8.15. The number of rotatable bonds is 2. The summed E-state index contributed by atoms with van der Waals surface area (Å²) in [5.74, 6) is 0. The molecule has 0 bridgehead atoms. The van der Waals surface area contributed by atoms with Gasteiger partial charge in [0.15, 0.2) is 0 Å². The largest absolute Gasteiger partial charge is 0.312 e. The number of nitrogens with zero attached hydrogens (tertiary/aromatic N) is 1. The van der Waals surface area contributed by atoms with Crippen LogP contribution in [0.3, 0.4) is 0 Å². The fourth-order valence-electron chi connectivity index (χ4n) is 2.02. The zero-order chi connectivity index (χ0) is 8.48. The van der Waals surface area contributed by atoms with Crippen molar-refractivity contribution in [3.05, 3.63) is 0 Å². The van der Waals surface area contributed by atoms with Crippen LogP contribution in [-0.4, -0.2) is 37.6 Å². The molecule has 0 unspecified atom stereocenters. The highest BCUT2D eigenvalue weighted by molar-refractivity contribution is 4.93. The molecule has 1 fully saturated rings. The van der Waals surface area contributed by atoms with E-state index in [0.717, 1.165) is 6.54 Å². The van der Waals surface area contributed by atoms with Crippen LogP contribution in [0.25, 0.3) is 0 Å². The molecule has 0 radical (unpaired) electrons. The molecule has 0 aromatic heterocycles. The van der Waals surface area contributed by atoms with Gasteiger partial charge in [-0.1, -0.05) is 20.8 Å². The SMILES string of the molecule is CCN[C@@H]1CN(C)CC1(C)C. The van der Waals surface area contributed by atoms with E-state index in [1.807, 2.05) is 0 Å². The molecule has 0 aliphatic carbocycles. The lowest BCUT2D eigenvalue weighted by Crippen LogP contribution is -2.40. The van der Waals surface area contributed by atoms with E-state index in [2.05, 4.69) is 38.0 Å². The molecule has 0 spiro atoms. The summed E-state index contributed by atoms with van der Waals surface area (Å²) in [4.78, 5) is 2.40. The summed E-state index contributed by atoms with van der Waals surface area (Å²) in [5, 5.41) is 3.52. The fourth-order valence-corrected chi connectivity index (χ4v) is 2.02. The first-order valence-corrected chi connectivity index (χ1v) is 4.48. The highest BCUT2D eigenvalue weighted by Gasteiger charge is 2.36. The fraction of sp³-hybridized carbons (Fsp3) is 1.00. The van der Waals surface area contributed by atoms with Gasteiger partial charge in [-0.2, -0.15) is 0 Å². The third-order valence-electron chi connectivity index (χ3n) is 2.57. The molecule has 1 aliphatic rings. The second-order valence-electron chi connectivity index (χ2n) is 4.30. The number of hydrogen-bond donors (Lipinski definition) is 1. The molecule has 1 N–H and O–H groups in total. The molecule has 1 atom stereocenters. The molecular formula is C9H20N2. The number of likely N-dealkylation sites (N-methyl/N-ethyl adjacent to an activating group) is 2. The lowest BCUT2D eigenvalue weighted by molar-refractivity contribution is 0.301. The maximum Gasteiger partial charge on any atom is 0.0258 e. The Balaban J connectivity index is 2.51. The number of nitrogens with one attached hydrogen (secondary N) is 1. The molecule has 0 aromatic carbocycles. The summed E-state index contributed by atoms with van der Waals surface area (Å²) in [6.45, 7) is 10.3. The summed E-state index contributed by atoms with van der Waals surface area (Å²) in [6.07, 6.45) is 0. The average Bonchev–Trinajstić information content (AvgIpc) is 2.07. The van der Waals surface area contributed by atoms with Crippen molar-refractivity contribution >= 4 is 0 Å². The molecule has 11 heavy (non-hydrogen) atoms. The van der Waals surface area contributed by atoms with Crippen LogP contribution in [0, 0.1) is 5.41 Å². The normalized spacial score (nSPS) is 31.1. The summed E-state index contributed by atoms with van der Waals surface area (Å²) in [5.41, 5.74) is 0.449. The molecule has 1 saturated heterocycles. The molecule has 2 nitrogen and oxygen atoms in total. The van der Waals surface area contributed by atoms with Gasteiger partial charge < -0.3 is 10.2 Å². The van der Waals surface area contributed by atoms with E-state index in [1.165, 1.54) is 13.1 Å². The Labute approximate surface area is 70.0 Å². The maximum atomic E-state index is 3.52. The van der Waals surface area contributed by atoms with Crippen molar-refractivity contribution in [1.82, 2.24) is 10.2 Å². The number of likely N-dealkylation sites (tertiary alicyclic amines) is 1. The minimum atomic E-state index is 0.449. The highest BCUT2D eigenvalue weighted by atomic mass is 15.2. The molecule has 0 saturated carbocycles. The average molecular weight is 156 g/mol. The van der Waals surface area contributed by atoms with Crippen molar-refractivity contribution in [1.29, 1.82) is 0 Å². The van der Waals surface area contributed by atoms with E-state index in [9.17, 15) is 0 Å². The van der Waals surface area contributed by atoms with Gasteiger partial charge in [-0.3, -0.25) is 0 Å². The molecule has 1 rings (SSSR count). The van der Waals surface area contributed by atoms with Crippen molar-refractivity contribution in [3.8, 4) is 0 Å². The Morgan fingerprint density at radius 2 is 2.18 bits per heavy atom. The molecule has 1 heterocycles. The van der Waals surface area contributed by atoms with E-state index in [-0.39, 0.29) is 0 Å². The Hall–Kier alpha value is -0.0800. The van der Waals surface area contributed by atoms with E-state index in [0.29, 0.717) is 11.5 Å².